The smallest absolute Gasteiger partial charge is 0.290 e. The Bertz CT molecular complexity index is 623. The molecule has 0 saturated carbocycles. The lowest BCUT2D eigenvalue weighted by Crippen LogP contribution is -2.36. The van der Waals surface area contributed by atoms with E-state index < -0.39 is 17.7 Å². The number of rotatable bonds is 6. The Labute approximate surface area is 136 Å². The van der Waals surface area contributed by atoms with E-state index in [4.69, 9.17) is 0 Å². The van der Waals surface area contributed by atoms with Crippen molar-refractivity contribution >= 4 is 11.7 Å². The molecule has 2 heterocycles. The molecule has 6 heteroatoms. The molecule has 23 heavy (non-hydrogen) atoms. The Kier molecular flexibility index (Phi) is 5.15. The highest BCUT2D eigenvalue weighted by atomic mass is 16.3. The molecule has 1 aliphatic rings. The first-order chi connectivity index (χ1) is 10.8. The van der Waals surface area contributed by atoms with Gasteiger partial charge in [-0.15, -0.1) is 0 Å². The Hall–Kier alpha value is -2.21. The van der Waals surface area contributed by atoms with Crippen LogP contribution < -0.4 is 0 Å². The first kappa shape index (κ1) is 17.1. The van der Waals surface area contributed by atoms with Crippen LogP contribution in [0.2, 0.25) is 0 Å². The number of aliphatic hydroxyl groups excluding tert-OH is 1. The van der Waals surface area contributed by atoms with Crippen LogP contribution in [0.5, 0.6) is 0 Å². The van der Waals surface area contributed by atoms with Gasteiger partial charge in [0.15, 0.2) is 11.5 Å². The van der Waals surface area contributed by atoms with Gasteiger partial charge in [0.2, 0.25) is 0 Å². The summed E-state index contributed by atoms with van der Waals surface area (Å²) in [6.07, 6.45) is 3.27. The zero-order valence-electron chi connectivity index (χ0n) is 14.0. The van der Waals surface area contributed by atoms with Crippen LogP contribution in [0.25, 0.3) is 0 Å². The van der Waals surface area contributed by atoms with Crippen molar-refractivity contribution in [3.05, 3.63) is 41.4 Å². The average molecular weight is 317 g/mol. The normalized spacial score (nSPS) is 18.4. The Morgan fingerprint density at radius 3 is 2.65 bits per heavy atom. The topological polar surface area (TPSA) is 73.7 Å². The fourth-order valence-corrected chi connectivity index (χ4v) is 2.64. The standard InChI is InChI=1S/C17H23N3O3/c1-11(2)15(21)13-14(12-6-5-7-18-10-12)20(9-8-19(3)4)17(23)16(13)22/h5-7,10-11,14,22H,8-9H2,1-4H3. The second kappa shape index (κ2) is 6.91. The maximum atomic E-state index is 12.5. The number of hydrogen-bond donors (Lipinski definition) is 1. The minimum Gasteiger partial charge on any atom is -0.503 e. The quantitative estimate of drug-likeness (QED) is 0.862. The summed E-state index contributed by atoms with van der Waals surface area (Å²) in [4.78, 5) is 32.6. The van der Waals surface area contributed by atoms with Crippen LogP contribution in [-0.2, 0) is 9.59 Å². The van der Waals surface area contributed by atoms with Crippen LogP contribution in [0.15, 0.2) is 35.9 Å². The van der Waals surface area contributed by atoms with E-state index in [-0.39, 0.29) is 17.3 Å². The van der Waals surface area contributed by atoms with E-state index >= 15 is 0 Å². The van der Waals surface area contributed by atoms with Gasteiger partial charge in [0.1, 0.15) is 0 Å². The van der Waals surface area contributed by atoms with Crippen molar-refractivity contribution in [1.82, 2.24) is 14.8 Å². The molecular formula is C17H23N3O3. The third-order valence-electron chi connectivity index (χ3n) is 3.88. The van der Waals surface area contributed by atoms with Gasteiger partial charge in [-0.3, -0.25) is 14.6 Å². The molecule has 1 aromatic heterocycles. The Morgan fingerprint density at radius 2 is 2.13 bits per heavy atom. The molecule has 0 aromatic carbocycles. The molecule has 1 aromatic rings. The molecule has 0 saturated heterocycles. The maximum absolute atomic E-state index is 12.5. The first-order valence-electron chi connectivity index (χ1n) is 7.67. The van der Waals surface area contributed by atoms with E-state index in [0.717, 1.165) is 5.56 Å². The zero-order chi connectivity index (χ0) is 17.1. The summed E-state index contributed by atoms with van der Waals surface area (Å²) >= 11 is 0. The lowest BCUT2D eigenvalue weighted by molar-refractivity contribution is -0.129. The fraction of sp³-hybridized carbons (Fsp3) is 0.471. The minimum atomic E-state index is -0.578. The molecule has 0 fully saturated rings. The molecule has 0 spiro atoms. The summed E-state index contributed by atoms with van der Waals surface area (Å²) in [5.41, 5.74) is 0.907. The average Bonchev–Trinajstić information content (AvgIpc) is 2.77. The molecule has 6 nitrogen and oxygen atoms in total. The van der Waals surface area contributed by atoms with Gasteiger partial charge >= 0.3 is 0 Å². The van der Waals surface area contributed by atoms with Crippen LogP contribution in [0.4, 0.5) is 0 Å². The minimum absolute atomic E-state index is 0.178. The molecule has 1 unspecified atom stereocenters. The van der Waals surface area contributed by atoms with Crippen molar-refractivity contribution < 1.29 is 14.7 Å². The van der Waals surface area contributed by atoms with Gasteiger partial charge in [0.25, 0.3) is 5.91 Å². The fourth-order valence-electron chi connectivity index (χ4n) is 2.64. The van der Waals surface area contributed by atoms with Crippen molar-refractivity contribution in [2.24, 2.45) is 5.92 Å². The van der Waals surface area contributed by atoms with E-state index in [1.54, 1.807) is 37.2 Å². The van der Waals surface area contributed by atoms with Gasteiger partial charge < -0.3 is 14.9 Å². The summed E-state index contributed by atoms with van der Waals surface area (Å²) in [6, 6.07) is 3.00. The van der Waals surface area contributed by atoms with Gasteiger partial charge in [0.05, 0.1) is 11.6 Å². The van der Waals surface area contributed by atoms with Crippen LogP contribution in [0, 0.1) is 5.92 Å². The van der Waals surface area contributed by atoms with Crippen molar-refractivity contribution in [3.63, 3.8) is 0 Å². The van der Waals surface area contributed by atoms with E-state index in [9.17, 15) is 14.7 Å². The number of amides is 1. The number of likely N-dealkylation sites (N-methyl/N-ethyl adjacent to an activating group) is 1. The number of nitrogens with zero attached hydrogens (tertiary/aromatic N) is 3. The number of aliphatic hydroxyl groups is 1. The van der Waals surface area contributed by atoms with Crippen molar-refractivity contribution in [2.45, 2.75) is 19.9 Å². The highest BCUT2D eigenvalue weighted by Crippen LogP contribution is 2.38. The first-order valence-corrected chi connectivity index (χ1v) is 7.67. The number of hydrogen-bond acceptors (Lipinski definition) is 5. The van der Waals surface area contributed by atoms with Crippen LogP contribution in [0.3, 0.4) is 0 Å². The van der Waals surface area contributed by atoms with Crippen LogP contribution in [-0.4, -0.2) is 58.8 Å². The molecule has 1 N–H and O–H groups in total. The number of carbonyl (C=O) groups is 2. The molecule has 124 valence electrons. The summed E-state index contributed by atoms with van der Waals surface area (Å²) in [5, 5.41) is 10.3. The predicted molar refractivity (Wildman–Crippen MR) is 86.7 cm³/mol. The summed E-state index contributed by atoms with van der Waals surface area (Å²) in [6.45, 7) is 4.58. The lowest BCUT2D eigenvalue weighted by Gasteiger charge is -2.28. The largest absolute Gasteiger partial charge is 0.503 e. The molecule has 0 aliphatic carbocycles. The Morgan fingerprint density at radius 1 is 1.43 bits per heavy atom. The van der Waals surface area contributed by atoms with Crippen molar-refractivity contribution in [2.75, 3.05) is 27.2 Å². The molecular weight excluding hydrogens is 294 g/mol. The predicted octanol–water partition coefficient (Wildman–Crippen LogP) is 1.56. The highest BCUT2D eigenvalue weighted by Gasteiger charge is 2.43. The third-order valence-corrected chi connectivity index (χ3v) is 3.88. The van der Waals surface area contributed by atoms with Gasteiger partial charge in [-0.05, 0) is 25.7 Å². The number of pyridine rings is 1. The molecule has 0 bridgehead atoms. The van der Waals surface area contributed by atoms with Crippen molar-refractivity contribution in [3.8, 4) is 0 Å². The van der Waals surface area contributed by atoms with E-state index in [2.05, 4.69) is 4.98 Å². The molecule has 0 radical (unpaired) electrons. The summed E-state index contributed by atoms with van der Waals surface area (Å²) in [5.74, 6) is -1.44. The van der Waals surface area contributed by atoms with Gasteiger partial charge in [0, 0.05) is 31.4 Å². The number of Topliss-reactive ketones (excluding diaryl/α,β-unsaturated/α-hetero) is 1. The maximum Gasteiger partial charge on any atom is 0.290 e. The van der Waals surface area contributed by atoms with Crippen LogP contribution in [0.1, 0.15) is 25.5 Å². The van der Waals surface area contributed by atoms with Gasteiger partial charge in [-0.2, -0.15) is 0 Å². The number of aromatic nitrogens is 1. The lowest BCUT2D eigenvalue weighted by atomic mass is 9.92. The summed E-state index contributed by atoms with van der Waals surface area (Å²) in [7, 11) is 3.82. The monoisotopic (exact) mass is 317 g/mol. The van der Waals surface area contributed by atoms with Gasteiger partial charge in [-0.1, -0.05) is 19.9 Å². The SMILES string of the molecule is CC(C)C(=O)C1=C(O)C(=O)N(CCN(C)C)C1c1cccnc1. The second-order valence-corrected chi connectivity index (χ2v) is 6.27. The van der Waals surface area contributed by atoms with E-state index in [1.807, 2.05) is 25.1 Å². The second-order valence-electron chi connectivity index (χ2n) is 6.27. The van der Waals surface area contributed by atoms with Crippen molar-refractivity contribution in [1.29, 1.82) is 0 Å². The number of carbonyl (C=O) groups excluding carboxylic acids is 2. The van der Waals surface area contributed by atoms with E-state index in [1.165, 1.54) is 0 Å². The van der Waals surface area contributed by atoms with E-state index in [0.29, 0.717) is 13.1 Å². The third kappa shape index (κ3) is 3.42. The Balaban J connectivity index is 2.46. The number of ketones is 1. The molecule has 1 atom stereocenters. The van der Waals surface area contributed by atoms with Gasteiger partial charge in [-0.25, -0.2) is 0 Å². The summed E-state index contributed by atoms with van der Waals surface area (Å²) < 4.78 is 0. The zero-order valence-corrected chi connectivity index (χ0v) is 14.0. The molecule has 2 rings (SSSR count). The molecule has 1 aliphatic heterocycles. The highest BCUT2D eigenvalue weighted by molar-refractivity contribution is 6.09. The molecule has 1 amide bonds. The van der Waals surface area contributed by atoms with Crippen LogP contribution >= 0.6 is 0 Å².